The Labute approximate surface area is 81.2 Å². The van der Waals surface area contributed by atoms with E-state index in [1.54, 1.807) is 0 Å². The lowest BCUT2D eigenvalue weighted by atomic mass is 10.3. The van der Waals surface area contributed by atoms with E-state index in [4.69, 9.17) is 10.5 Å². The maximum absolute atomic E-state index is 5.80. The quantitative estimate of drug-likeness (QED) is 0.646. The van der Waals surface area contributed by atoms with E-state index in [1.807, 2.05) is 0 Å². The highest BCUT2D eigenvalue weighted by Gasteiger charge is 2.17. The van der Waals surface area contributed by atoms with Crippen molar-refractivity contribution >= 4 is 0 Å². The predicted octanol–water partition coefficient (Wildman–Crippen LogP) is 0.835. The molecule has 3 heteroatoms. The van der Waals surface area contributed by atoms with Gasteiger partial charge in [0, 0.05) is 25.7 Å². The monoisotopic (exact) mass is 186 g/mol. The lowest BCUT2D eigenvalue weighted by Crippen LogP contribution is -2.28. The average molecular weight is 186 g/mol. The summed E-state index contributed by atoms with van der Waals surface area (Å²) in [5.41, 5.74) is 5.80. The molecule has 1 aliphatic heterocycles. The molecule has 13 heavy (non-hydrogen) atoms. The first-order valence-electron chi connectivity index (χ1n) is 5.28. The third-order valence-corrected chi connectivity index (χ3v) is 2.38. The fourth-order valence-electron chi connectivity index (χ4n) is 1.67. The second-order valence-corrected chi connectivity index (χ2v) is 4.12. The number of ether oxygens (including phenoxy) is 1. The number of likely N-dealkylation sites (tertiary alicyclic amines) is 1. The Balaban J connectivity index is 1.94. The zero-order valence-corrected chi connectivity index (χ0v) is 8.83. The molecule has 0 aromatic carbocycles. The Bertz CT molecular complexity index is 139. The van der Waals surface area contributed by atoms with Gasteiger partial charge in [-0.05, 0) is 33.2 Å². The molecule has 0 saturated carbocycles. The number of rotatable bonds is 5. The lowest BCUT2D eigenvalue weighted by molar-refractivity contribution is 0.0720. The maximum Gasteiger partial charge on any atom is 0.0518 e. The predicted molar refractivity (Wildman–Crippen MR) is 54.7 cm³/mol. The summed E-state index contributed by atoms with van der Waals surface area (Å²) in [5, 5.41) is 0. The summed E-state index contributed by atoms with van der Waals surface area (Å²) in [5.74, 6) is 0. The van der Waals surface area contributed by atoms with E-state index < -0.39 is 0 Å². The van der Waals surface area contributed by atoms with E-state index >= 15 is 0 Å². The Hall–Kier alpha value is -0.120. The first-order valence-corrected chi connectivity index (χ1v) is 5.28. The molecule has 2 N–H and O–H groups in total. The largest absolute Gasteiger partial charge is 0.379 e. The van der Waals surface area contributed by atoms with Gasteiger partial charge in [-0.15, -0.1) is 0 Å². The second kappa shape index (κ2) is 5.58. The van der Waals surface area contributed by atoms with Crippen LogP contribution in [0.5, 0.6) is 0 Å². The summed E-state index contributed by atoms with van der Waals surface area (Å²) in [6.45, 7) is 8.41. The molecule has 1 fully saturated rings. The molecule has 0 bridgehead atoms. The van der Waals surface area contributed by atoms with Gasteiger partial charge >= 0.3 is 0 Å². The van der Waals surface area contributed by atoms with Crippen molar-refractivity contribution in [3.63, 3.8) is 0 Å². The van der Waals surface area contributed by atoms with E-state index in [0.717, 1.165) is 32.5 Å². The van der Waals surface area contributed by atoms with Crippen LogP contribution in [-0.4, -0.2) is 43.3 Å². The van der Waals surface area contributed by atoms with Crippen LogP contribution in [0.3, 0.4) is 0 Å². The van der Waals surface area contributed by atoms with Crippen LogP contribution >= 0.6 is 0 Å². The zero-order valence-electron chi connectivity index (χ0n) is 8.83. The van der Waals surface area contributed by atoms with Gasteiger partial charge in [0.15, 0.2) is 0 Å². The molecule has 1 atom stereocenters. The SMILES string of the molecule is CC(C)OCCCN1CCC(N)C1. The molecule has 0 aromatic rings. The summed E-state index contributed by atoms with van der Waals surface area (Å²) in [6.07, 6.45) is 2.65. The fourth-order valence-corrected chi connectivity index (χ4v) is 1.67. The molecule has 78 valence electrons. The van der Waals surface area contributed by atoms with Crippen molar-refractivity contribution in [1.29, 1.82) is 0 Å². The van der Waals surface area contributed by atoms with Gasteiger partial charge in [0.25, 0.3) is 0 Å². The molecule has 1 aliphatic rings. The molecule has 0 amide bonds. The van der Waals surface area contributed by atoms with E-state index in [0.29, 0.717) is 12.1 Å². The van der Waals surface area contributed by atoms with Crippen LogP contribution in [0.4, 0.5) is 0 Å². The summed E-state index contributed by atoms with van der Waals surface area (Å²) in [4.78, 5) is 2.42. The van der Waals surface area contributed by atoms with Crippen molar-refractivity contribution in [1.82, 2.24) is 4.90 Å². The van der Waals surface area contributed by atoms with Crippen molar-refractivity contribution in [3.8, 4) is 0 Å². The molecular formula is C10H22N2O. The summed E-state index contributed by atoms with van der Waals surface area (Å²) < 4.78 is 5.47. The van der Waals surface area contributed by atoms with Crippen LogP contribution < -0.4 is 5.73 Å². The maximum atomic E-state index is 5.80. The molecule has 0 radical (unpaired) electrons. The van der Waals surface area contributed by atoms with Crippen LogP contribution in [0.15, 0.2) is 0 Å². The van der Waals surface area contributed by atoms with Gasteiger partial charge in [-0.25, -0.2) is 0 Å². The normalized spacial score (nSPS) is 24.5. The van der Waals surface area contributed by atoms with E-state index in [2.05, 4.69) is 18.7 Å². The van der Waals surface area contributed by atoms with Crippen LogP contribution in [0, 0.1) is 0 Å². The van der Waals surface area contributed by atoms with Crippen molar-refractivity contribution in [2.45, 2.75) is 38.8 Å². The van der Waals surface area contributed by atoms with Gasteiger partial charge in [0.1, 0.15) is 0 Å². The highest BCUT2D eigenvalue weighted by atomic mass is 16.5. The minimum atomic E-state index is 0.362. The summed E-state index contributed by atoms with van der Waals surface area (Å²) >= 11 is 0. The molecule has 0 spiro atoms. The van der Waals surface area contributed by atoms with Crippen molar-refractivity contribution in [3.05, 3.63) is 0 Å². The Morgan fingerprint density at radius 1 is 1.54 bits per heavy atom. The van der Waals surface area contributed by atoms with Gasteiger partial charge in [-0.1, -0.05) is 0 Å². The van der Waals surface area contributed by atoms with Crippen LogP contribution in [0.25, 0.3) is 0 Å². The molecule has 0 aromatic heterocycles. The van der Waals surface area contributed by atoms with Crippen LogP contribution in [0.1, 0.15) is 26.7 Å². The smallest absolute Gasteiger partial charge is 0.0518 e. The van der Waals surface area contributed by atoms with Gasteiger partial charge in [0.2, 0.25) is 0 Å². The molecular weight excluding hydrogens is 164 g/mol. The number of hydrogen-bond donors (Lipinski definition) is 1. The molecule has 3 nitrogen and oxygen atoms in total. The topological polar surface area (TPSA) is 38.5 Å². The average Bonchev–Trinajstić information content (AvgIpc) is 2.45. The van der Waals surface area contributed by atoms with Gasteiger partial charge in [0.05, 0.1) is 6.10 Å². The zero-order chi connectivity index (χ0) is 9.68. The minimum Gasteiger partial charge on any atom is -0.379 e. The standard InChI is InChI=1S/C10H22N2O/c1-9(2)13-7-3-5-12-6-4-10(11)8-12/h9-10H,3-8,11H2,1-2H3. The van der Waals surface area contributed by atoms with Crippen molar-refractivity contribution in [2.75, 3.05) is 26.2 Å². The van der Waals surface area contributed by atoms with Gasteiger partial charge in [-0.2, -0.15) is 0 Å². The molecule has 1 unspecified atom stereocenters. The number of nitrogens with two attached hydrogens (primary N) is 1. The lowest BCUT2D eigenvalue weighted by Gasteiger charge is -2.15. The van der Waals surface area contributed by atoms with Crippen molar-refractivity contribution in [2.24, 2.45) is 5.73 Å². The molecule has 1 heterocycles. The summed E-state index contributed by atoms with van der Waals surface area (Å²) in [7, 11) is 0. The number of hydrogen-bond acceptors (Lipinski definition) is 3. The molecule has 1 saturated heterocycles. The van der Waals surface area contributed by atoms with Crippen LogP contribution in [-0.2, 0) is 4.74 Å². The van der Waals surface area contributed by atoms with Crippen LogP contribution in [0.2, 0.25) is 0 Å². The third-order valence-electron chi connectivity index (χ3n) is 2.38. The van der Waals surface area contributed by atoms with Crippen molar-refractivity contribution < 1.29 is 4.74 Å². The highest BCUT2D eigenvalue weighted by Crippen LogP contribution is 2.06. The third kappa shape index (κ3) is 4.60. The Kier molecular flexibility index (Phi) is 4.70. The Morgan fingerprint density at radius 2 is 2.31 bits per heavy atom. The summed E-state index contributed by atoms with van der Waals surface area (Å²) in [6, 6.07) is 0.408. The first kappa shape index (κ1) is 11.0. The van der Waals surface area contributed by atoms with Gasteiger partial charge in [-0.3, -0.25) is 0 Å². The van der Waals surface area contributed by atoms with Gasteiger partial charge < -0.3 is 15.4 Å². The van der Waals surface area contributed by atoms with E-state index in [9.17, 15) is 0 Å². The number of nitrogens with zero attached hydrogens (tertiary/aromatic N) is 1. The first-order chi connectivity index (χ1) is 6.18. The van der Waals surface area contributed by atoms with E-state index in [1.165, 1.54) is 6.54 Å². The fraction of sp³-hybridized carbons (Fsp3) is 1.00. The van der Waals surface area contributed by atoms with E-state index in [-0.39, 0.29) is 0 Å². The minimum absolute atomic E-state index is 0.362. The molecule has 1 rings (SSSR count). The highest BCUT2D eigenvalue weighted by molar-refractivity contribution is 4.77. The Morgan fingerprint density at radius 3 is 2.85 bits per heavy atom. The second-order valence-electron chi connectivity index (χ2n) is 4.12. The molecule has 0 aliphatic carbocycles.